The van der Waals surface area contributed by atoms with Crippen molar-refractivity contribution in [3.05, 3.63) is 53.1 Å². The highest BCUT2D eigenvalue weighted by Crippen LogP contribution is 2.31. The summed E-state index contributed by atoms with van der Waals surface area (Å²) in [5.41, 5.74) is 3.94. The van der Waals surface area contributed by atoms with E-state index in [0.29, 0.717) is 22.2 Å². The lowest BCUT2D eigenvalue weighted by Gasteiger charge is -2.06. The quantitative estimate of drug-likeness (QED) is 0.652. The van der Waals surface area contributed by atoms with Gasteiger partial charge in [-0.15, -0.1) is 0 Å². The Morgan fingerprint density at radius 2 is 2.04 bits per heavy atom. The Morgan fingerprint density at radius 3 is 2.91 bits per heavy atom. The molecule has 1 aliphatic rings. The van der Waals surface area contributed by atoms with Crippen molar-refractivity contribution in [3.63, 3.8) is 0 Å². The van der Waals surface area contributed by atoms with E-state index in [4.69, 9.17) is 21.1 Å². The van der Waals surface area contributed by atoms with E-state index in [1.807, 2.05) is 18.2 Å². The topological polar surface area (TPSA) is 72.0 Å². The normalized spacial score (nSPS) is 12.4. The minimum absolute atomic E-state index is 0.0716. The number of fused-ring (bicyclic) bond motifs is 1. The Kier molecular flexibility index (Phi) is 4.63. The van der Waals surface area contributed by atoms with Crippen LogP contribution in [0.3, 0.4) is 0 Å². The molecule has 0 aromatic heterocycles. The molecule has 0 saturated heterocycles. The summed E-state index contributed by atoms with van der Waals surface area (Å²) < 4.78 is 10.5. The number of halogens is 1. The van der Waals surface area contributed by atoms with Crippen molar-refractivity contribution in [2.45, 2.75) is 0 Å². The first-order valence-corrected chi connectivity index (χ1v) is 7.30. The summed E-state index contributed by atoms with van der Waals surface area (Å²) in [7, 11) is 0. The summed E-state index contributed by atoms with van der Waals surface area (Å²) in [4.78, 5) is 11.7. The summed E-state index contributed by atoms with van der Waals surface area (Å²) in [5.74, 6) is 1.10. The Labute approximate surface area is 138 Å². The van der Waals surface area contributed by atoms with Gasteiger partial charge in [0.05, 0.1) is 23.5 Å². The Morgan fingerprint density at radius 1 is 1.22 bits per heavy atom. The number of nitrogens with zero attached hydrogens (tertiary/aromatic N) is 1. The average molecular weight is 332 g/mol. The van der Waals surface area contributed by atoms with Gasteiger partial charge in [-0.2, -0.15) is 5.10 Å². The summed E-state index contributed by atoms with van der Waals surface area (Å²) in [5, 5.41) is 7.41. The van der Waals surface area contributed by atoms with Crippen molar-refractivity contribution in [2.75, 3.05) is 18.7 Å². The average Bonchev–Trinajstić information content (AvgIpc) is 3.02. The SMILES string of the molecule is O=C(CNc1ccccc1Cl)N/N=C/c1ccc2c(c1)OCO2. The molecule has 1 amide bonds. The Balaban J connectivity index is 1.50. The van der Waals surface area contributed by atoms with Crippen LogP contribution in [-0.2, 0) is 4.79 Å². The molecule has 7 heteroatoms. The zero-order chi connectivity index (χ0) is 16.1. The molecule has 0 saturated carbocycles. The van der Waals surface area contributed by atoms with Gasteiger partial charge in [-0.05, 0) is 35.9 Å². The summed E-state index contributed by atoms with van der Waals surface area (Å²) in [6.45, 7) is 0.294. The van der Waals surface area contributed by atoms with Crippen LogP contribution < -0.4 is 20.2 Å². The molecule has 0 bridgehead atoms. The standard InChI is InChI=1S/C16H14ClN3O3/c17-12-3-1-2-4-13(12)18-9-16(21)20-19-8-11-5-6-14-15(7-11)23-10-22-14/h1-8,18H,9-10H2,(H,20,21)/b19-8+. The molecule has 0 unspecified atom stereocenters. The highest BCUT2D eigenvalue weighted by molar-refractivity contribution is 6.33. The van der Waals surface area contributed by atoms with Crippen molar-refractivity contribution >= 4 is 29.4 Å². The maximum Gasteiger partial charge on any atom is 0.259 e. The first kappa shape index (κ1) is 15.2. The van der Waals surface area contributed by atoms with E-state index in [1.54, 1.807) is 24.3 Å². The van der Waals surface area contributed by atoms with Crippen molar-refractivity contribution in [2.24, 2.45) is 5.10 Å². The third kappa shape index (κ3) is 3.92. The van der Waals surface area contributed by atoms with Crippen molar-refractivity contribution in [1.29, 1.82) is 0 Å². The van der Waals surface area contributed by atoms with E-state index in [-0.39, 0.29) is 19.2 Å². The molecule has 6 nitrogen and oxygen atoms in total. The van der Waals surface area contributed by atoms with Crippen LogP contribution >= 0.6 is 11.6 Å². The number of hydrogen-bond acceptors (Lipinski definition) is 5. The van der Waals surface area contributed by atoms with Crippen LogP contribution in [0.1, 0.15) is 5.56 Å². The lowest BCUT2D eigenvalue weighted by atomic mass is 10.2. The van der Waals surface area contributed by atoms with Gasteiger partial charge in [-0.25, -0.2) is 5.43 Å². The molecular weight excluding hydrogens is 318 g/mol. The molecule has 2 aromatic carbocycles. The Bertz CT molecular complexity index is 749. The molecule has 23 heavy (non-hydrogen) atoms. The van der Waals surface area contributed by atoms with E-state index < -0.39 is 0 Å². The number of nitrogens with one attached hydrogen (secondary N) is 2. The van der Waals surface area contributed by atoms with Crippen LogP contribution in [0.4, 0.5) is 5.69 Å². The summed E-state index contributed by atoms with van der Waals surface area (Å²) >= 11 is 5.99. The van der Waals surface area contributed by atoms with Crippen LogP contribution in [0.5, 0.6) is 11.5 Å². The van der Waals surface area contributed by atoms with E-state index in [9.17, 15) is 4.79 Å². The zero-order valence-corrected chi connectivity index (χ0v) is 12.8. The predicted molar refractivity (Wildman–Crippen MR) is 88.2 cm³/mol. The van der Waals surface area contributed by atoms with Crippen molar-refractivity contribution in [3.8, 4) is 11.5 Å². The molecular formula is C16H14ClN3O3. The number of amides is 1. The molecule has 0 aliphatic carbocycles. The van der Waals surface area contributed by atoms with Gasteiger partial charge >= 0.3 is 0 Å². The number of carbonyl (C=O) groups excluding carboxylic acids is 1. The van der Waals surface area contributed by atoms with Crippen LogP contribution in [0.2, 0.25) is 5.02 Å². The smallest absolute Gasteiger partial charge is 0.259 e. The number of anilines is 1. The van der Waals surface area contributed by atoms with Gasteiger partial charge in [-0.1, -0.05) is 23.7 Å². The van der Waals surface area contributed by atoms with Gasteiger partial charge in [0.25, 0.3) is 5.91 Å². The molecule has 3 rings (SSSR count). The van der Waals surface area contributed by atoms with Gasteiger partial charge in [0, 0.05) is 0 Å². The fourth-order valence-electron chi connectivity index (χ4n) is 1.99. The Hall–Kier alpha value is -2.73. The minimum atomic E-state index is -0.276. The maximum absolute atomic E-state index is 11.7. The zero-order valence-electron chi connectivity index (χ0n) is 12.1. The van der Waals surface area contributed by atoms with Crippen LogP contribution in [0, 0.1) is 0 Å². The van der Waals surface area contributed by atoms with Crippen LogP contribution in [-0.4, -0.2) is 25.5 Å². The number of hydrogen-bond donors (Lipinski definition) is 2. The second-order valence-electron chi connectivity index (χ2n) is 4.74. The van der Waals surface area contributed by atoms with Crippen LogP contribution in [0.25, 0.3) is 0 Å². The molecule has 1 heterocycles. The predicted octanol–water partition coefficient (Wildman–Crippen LogP) is 2.63. The van der Waals surface area contributed by atoms with Crippen LogP contribution in [0.15, 0.2) is 47.6 Å². The fraction of sp³-hybridized carbons (Fsp3) is 0.125. The second kappa shape index (κ2) is 7.02. The molecule has 2 aromatic rings. The number of ether oxygens (including phenoxy) is 2. The maximum atomic E-state index is 11.7. The summed E-state index contributed by atoms with van der Waals surface area (Å²) in [6.07, 6.45) is 1.54. The highest BCUT2D eigenvalue weighted by Gasteiger charge is 2.12. The van der Waals surface area contributed by atoms with E-state index in [0.717, 1.165) is 5.56 Å². The van der Waals surface area contributed by atoms with E-state index >= 15 is 0 Å². The van der Waals surface area contributed by atoms with Crippen molar-refractivity contribution in [1.82, 2.24) is 5.43 Å². The summed E-state index contributed by atoms with van der Waals surface area (Å²) in [6, 6.07) is 12.6. The van der Waals surface area contributed by atoms with Gasteiger partial charge in [0.1, 0.15) is 0 Å². The second-order valence-corrected chi connectivity index (χ2v) is 5.15. The molecule has 118 valence electrons. The molecule has 2 N–H and O–H groups in total. The lowest BCUT2D eigenvalue weighted by Crippen LogP contribution is -2.25. The van der Waals surface area contributed by atoms with Gasteiger partial charge in [-0.3, -0.25) is 4.79 Å². The molecule has 0 atom stereocenters. The third-order valence-corrected chi connectivity index (χ3v) is 3.44. The number of hydrazone groups is 1. The van der Waals surface area contributed by atoms with E-state index in [1.165, 1.54) is 6.21 Å². The molecule has 1 aliphatic heterocycles. The van der Waals surface area contributed by atoms with Gasteiger partial charge in [0.2, 0.25) is 6.79 Å². The number of para-hydroxylation sites is 1. The monoisotopic (exact) mass is 331 g/mol. The number of benzene rings is 2. The van der Waals surface area contributed by atoms with Gasteiger partial charge in [0.15, 0.2) is 11.5 Å². The number of rotatable bonds is 5. The highest BCUT2D eigenvalue weighted by atomic mass is 35.5. The molecule has 0 spiro atoms. The largest absolute Gasteiger partial charge is 0.454 e. The molecule has 0 fully saturated rings. The minimum Gasteiger partial charge on any atom is -0.454 e. The van der Waals surface area contributed by atoms with Gasteiger partial charge < -0.3 is 14.8 Å². The first-order chi connectivity index (χ1) is 11.2. The number of carbonyl (C=O) groups is 1. The third-order valence-electron chi connectivity index (χ3n) is 3.11. The fourth-order valence-corrected chi connectivity index (χ4v) is 2.19. The lowest BCUT2D eigenvalue weighted by molar-refractivity contribution is -0.119. The molecule has 0 radical (unpaired) electrons. The first-order valence-electron chi connectivity index (χ1n) is 6.92. The van der Waals surface area contributed by atoms with E-state index in [2.05, 4.69) is 15.8 Å². The van der Waals surface area contributed by atoms with Crippen molar-refractivity contribution < 1.29 is 14.3 Å².